The summed E-state index contributed by atoms with van der Waals surface area (Å²) in [6.45, 7) is 8.24. The zero-order valence-electron chi connectivity index (χ0n) is 19.6. The average molecular weight is 484 g/mol. The molecule has 0 aliphatic rings. The number of carbonyl (C=O) groups excluding carboxylic acids is 3. The van der Waals surface area contributed by atoms with Crippen molar-refractivity contribution < 1.29 is 18.8 Å². The van der Waals surface area contributed by atoms with Gasteiger partial charge >= 0.3 is 0 Å². The lowest BCUT2D eigenvalue weighted by Gasteiger charge is -2.30. The van der Waals surface area contributed by atoms with Crippen molar-refractivity contribution in [3.05, 3.63) is 64.1 Å². The molecule has 0 aliphatic carbocycles. The first kappa shape index (κ1) is 25.0. The third-order valence-electron chi connectivity index (χ3n) is 5.24. The van der Waals surface area contributed by atoms with Crippen molar-refractivity contribution in [3.63, 3.8) is 0 Å². The van der Waals surface area contributed by atoms with Gasteiger partial charge in [-0.25, -0.2) is 0 Å². The van der Waals surface area contributed by atoms with Crippen LogP contribution in [0.1, 0.15) is 63.6 Å². The molecular weight excluding hydrogens is 454 g/mol. The van der Waals surface area contributed by atoms with Crippen LogP contribution >= 0.6 is 11.5 Å². The highest BCUT2D eigenvalue weighted by Crippen LogP contribution is 2.34. The molecular formula is C24H29N5O4S. The van der Waals surface area contributed by atoms with Crippen LogP contribution in [-0.4, -0.2) is 28.6 Å². The normalized spacial score (nSPS) is 11.9. The summed E-state index contributed by atoms with van der Waals surface area (Å²) in [6.07, 6.45) is 0.776. The van der Waals surface area contributed by atoms with Crippen molar-refractivity contribution in [2.24, 2.45) is 11.7 Å². The van der Waals surface area contributed by atoms with Gasteiger partial charge in [0.2, 0.25) is 0 Å². The first-order valence-electron chi connectivity index (χ1n) is 10.9. The van der Waals surface area contributed by atoms with Gasteiger partial charge < -0.3 is 21.2 Å². The first-order chi connectivity index (χ1) is 16.1. The van der Waals surface area contributed by atoms with E-state index in [0.29, 0.717) is 29.7 Å². The topological polar surface area (TPSA) is 145 Å². The molecule has 0 unspecified atom stereocenters. The molecule has 5 N–H and O–H groups in total. The summed E-state index contributed by atoms with van der Waals surface area (Å²) >= 11 is 0.761. The maximum absolute atomic E-state index is 13.8. The molecule has 0 fully saturated rings. The smallest absolute Gasteiger partial charge is 0.273 e. The van der Waals surface area contributed by atoms with Crippen molar-refractivity contribution in [2.45, 2.75) is 40.2 Å². The molecule has 180 valence electrons. The molecule has 2 heterocycles. The van der Waals surface area contributed by atoms with E-state index in [9.17, 15) is 14.4 Å². The highest BCUT2D eigenvalue weighted by atomic mass is 32.1. The van der Waals surface area contributed by atoms with Crippen LogP contribution in [0.5, 0.6) is 0 Å². The summed E-state index contributed by atoms with van der Waals surface area (Å²) in [5.41, 5.74) is 12.5. The predicted molar refractivity (Wildman–Crippen MR) is 132 cm³/mol. The molecule has 10 heteroatoms. The summed E-state index contributed by atoms with van der Waals surface area (Å²) in [5.74, 6) is -0.541. The number of aryl methyl sites for hydroxylation is 2. The molecule has 1 atom stereocenters. The number of nitrogen functional groups attached to an aromatic ring is 1. The quantitative estimate of drug-likeness (QED) is 0.424. The number of primary amides is 1. The van der Waals surface area contributed by atoms with Crippen LogP contribution in [0.25, 0.3) is 0 Å². The number of amides is 3. The highest BCUT2D eigenvalue weighted by Gasteiger charge is 2.37. The minimum absolute atomic E-state index is 0.0117. The molecule has 0 saturated heterocycles. The fourth-order valence-electron chi connectivity index (χ4n) is 3.38. The van der Waals surface area contributed by atoms with Crippen LogP contribution in [0.3, 0.4) is 0 Å². The second-order valence-corrected chi connectivity index (χ2v) is 9.25. The Labute approximate surface area is 202 Å². The van der Waals surface area contributed by atoms with Crippen molar-refractivity contribution >= 4 is 40.6 Å². The number of nitrogens with one attached hydrogen (secondary N) is 1. The van der Waals surface area contributed by atoms with E-state index in [1.807, 2.05) is 19.1 Å². The van der Waals surface area contributed by atoms with Crippen LogP contribution in [0.4, 0.5) is 11.4 Å². The zero-order chi connectivity index (χ0) is 25.0. The van der Waals surface area contributed by atoms with E-state index >= 15 is 0 Å². The highest BCUT2D eigenvalue weighted by molar-refractivity contribution is 7.09. The molecule has 3 rings (SSSR count). The molecule has 0 spiro atoms. The molecule has 0 bridgehead atoms. The lowest BCUT2D eigenvalue weighted by atomic mass is 10.1. The van der Waals surface area contributed by atoms with Crippen molar-refractivity contribution in [1.29, 1.82) is 0 Å². The molecule has 2 aromatic heterocycles. The van der Waals surface area contributed by atoms with Gasteiger partial charge in [0, 0.05) is 12.2 Å². The van der Waals surface area contributed by atoms with E-state index < -0.39 is 23.8 Å². The minimum Gasteiger partial charge on any atom is -0.464 e. The van der Waals surface area contributed by atoms with Crippen LogP contribution in [0.15, 0.2) is 40.8 Å². The number of nitrogens with zero attached hydrogens (tertiary/aromatic N) is 2. The summed E-state index contributed by atoms with van der Waals surface area (Å²) in [6, 6.07) is 9.43. The lowest BCUT2D eigenvalue weighted by molar-refractivity contribution is -0.122. The Hall–Kier alpha value is -3.66. The molecule has 9 nitrogen and oxygen atoms in total. The van der Waals surface area contributed by atoms with E-state index in [-0.39, 0.29) is 16.3 Å². The van der Waals surface area contributed by atoms with Gasteiger partial charge in [-0.2, -0.15) is 4.37 Å². The number of rotatable bonds is 9. The van der Waals surface area contributed by atoms with Crippen LogP contribution in [0, 0.1) is 19.8 Å². The standard InChI is InChI=1S/C24H29N5O4S/c1-13(2)11-12-27-23(31)20(17-10-7-15(4)33-17)29(16-8-5-14(3)6-9-16)24(32)21-18(25)19(22(26)30)28-34-21/h5-10,13,20H,11-12,25H2,1-4H3,(H2,26,30)(H,27,31)/t20-/m1/s1. The zero-order valence-corrected chi connectivity index (χ0v) is 20.4. The molecule has 0 saturated carbocycles. The van der Waals surface area contributed by atoms with Crippen LogP contribution < -0.4 is 21.7 Å². The molecule has 3 amide bonds. The number of furan rings is 1. The maximum atomic E-state index is 13.8. The maximum Gasteiger partial charge on any atom is 0.273 e. The Bertz CT molecular complexity index is 1180. The molecule has 0 radical (unpaired) electrons. The number of hydrogen-bond donors (Lipinski definition) is 3. The summed E-state index contributed by atoms with van der Waals surface area (Å²) < 4.78 is 9.75. The van der Waals surface area contributed by atoms with Crippen molar-refractivity contribution in [1.82, 2.24) is 9.69 Å². The van der Waals surface area contributed by atoms with Gasteiger partial charge in [-0.15, -0.1) is 0 Å². The summed E-state index contributed by atoms with van der Waals surface area (Å²) in [5, 5.41) is 2.92. The number of anilines is 2. The van der Waals surface area contributed by atoms with Crippen LogP contribution in [-0.2, 0) is 4.79 Å². The van der Waals surface area contributed by atoms with Gasteiger partial charge in [0.25, 0.3) is 17.7 Å². The Morgan fingerprint density at radius 3 is 2.32 bits per heavy atom. The Kier molecular flexibility index (Phi) is 7.72. The third-order valence-corrected chi connectivity index (χ3v) is 6.10. The van der Waals surface area contributed by atoms with Gasteiger partial charge in [-0.1, -0.05) is 31.5 Å². The summed E-state index contributed by atoms with van der Waals surface area (Å²) in [4.78, 5) is 40.3. The van der Waals surface area contributed by atoms with Gasteiger partial charge in [-0.3, -0.25) is 19.3 Å². The van der Waals surface area contributed by atoms with Crippen molar-refractivity contribution in [3.8, 4) is 0 Å². The second kappa shape index (κ2) is 10.5. The molecule has 1 aromatic carbocycles. The van der Waals surface area contributed by atoms with Gasteiger partial charge in [0.15, 0.2) is 11.7 Å². The number of nitrogens with two attached hydrogens (primary N) is 2. The summed E-state index contributed by atoms with van der Waals surface area (Å²) in [7, 11) is 0. The van der Waals surface area contributed by atoms with E-state index in [2.05, 4.69) is 23.5 Å². The average Bonchev–Trinajstić information content (AvgIpc) is 3.37. The third kappa shape index (κ3) is 5.45. The largest absolute Gasteiger partial charge is 0.464 e. The fourth-order valence-corrected chi connectivity index (χ4v) is 4.12. The van der Waals surface area contributed by atoms with Gasteiger partial charge in [-0.05, 0) is 62.0 Å². The number of carbonyl (C=O) groups is 3. The van der Waals surface area contributed by atoms with E-state index in [4.69, 9.17) is 15.9 Å². The molecule has 34 heavy (non-hydrogen) atoms. The number of hydrogen-bond acceptors (Lipinski definition) is 7. The minimum atomic E-state index is -1.12. The van der Waals surface area contributed by atoms with E-state index in [1.54, 1.807) is 31.2 Å². The SMILES string of the molecule is Cc1ccc(N(C(=O)c2snc(C(N)=O)c2N)[C@@H](C(=O)NCCC(C)C)c2ccc(C)o2)cc1. The molecule has 0 aliphatic heterocycles. The predicted octanol–water partition coefficient (Wildman–Crippen LogP) is 3.58. The fraction of sp³-hybridized carbons (Fsp3) is 0.333. The molecule has 3 aromatic rings. The van der Waals surface area contributed by atoms with Gasteiger partial charge in [0.05, 0.1) is 5.69 Å². The van der Waals surface area contributed by atoms with E-state index in [0.717, 1.165) is 23.5 Å². The van der Waals surface area contributed by atoms with Gasteiger partial charge in [0.1, 0.15) is 16.4 Å². The number of aromatic nitrogens is 1. The monoisotopic (exact) mass is 483 g/mol. The number of benzene rings is 1. The van der Waals surface area contributed by atoms with Crippen molar-refractivity contribution in [2.75, 3.05) is 17.2 Å². The Morgan fingerprint density at radius 1 is 1.12 bits per heavy atom. The second-order valence-electron chi connectivity index (χ2n) is 8.47. The Balaban J connectivity index is 2.12. The Morgan fingerprint density at radius 2 is 1.79 bits per heavy atom. The lowest BCUT2D eigenvalue weighted by Crippen LogP contribution is -2.44. The van der Waals surface area contributed by atoms with E-state index in [1.165, 1.54) is 4.90 Å². The first-order valence-corrected chi connectivity index (χ1v) is 11.7. The van der Waals surface area contributed by atoms with Crippen LogP contribution in [0.2, 0.25) is 0 Å².